The fraction of sp³-hybridized carbons (Fsp3) is 0.417. The molecule has 0 saturated heterocycles. The van der Waals surface area contributed by atoms with Crippen LogP contribution in [0, 0.1) is 0 Å². The summed E-state index contributed by atoms with van der Waals surface area (Å²) >= 11 is 0. The number of rotatable bonds is 5. The molecule has 1 aliphatic heterocycles. The Labute approximate surface area is 94.1 Å². The zero-order chi connectivity index (χ0) is 11.4. The van der Waals surface area contributed by atoms with Crippen molar-refractivity contribution in [3.8, 4) is 11.5 Å². The molecule has 0 atom stereocenters. The van der Waals surface area contributed by atoms with E-state index in [1.807, 2.05) is 12.1 Å². The second-order valence-electron chi connectivity index (χ2n) is 3.61. The first-order valence-electron chi connectivity index (χ1n) is 5.19. The van der Waals surface area contributed by atoms with Crippen molar-refractivity contribution in [1.29, 1.82) is 0 Å². The SMILES string of the molecule is COCc1cc2c(cc1CCC=O)OCO2. The van der Waals surface area contributed by atoms with Crippen molar-refractivity contribution in [2.45, 2.75) is 19.4 Å². The molecule has 0 radical (unpaired) electrons. The van der Waals surface area contributed by atoms with Gasteiger partial charge in [0.1, 0.15) is 6.29 Å². The molecule has 0 amide bonds. The number of aldehydes is 1. The number of hydrogen-bond donors (Lipinski definition) is 0. The van der Waals surface area contributed by atoms with Crippen LogP contribution in [-0.4, -0.2) is 20.2 Å². The van der Waals surface area contributed by atoms with E-state index in [1.54, 1.807) is 7.11 Å². The third-order valence-corrected chi connectivity index (χ3v) is 2.53. The Morgan fingerprint density at radius 1 is 1.31 bits per heavy atom. The maximum absolute atomic E-state index is 10.4. The van der Waals surface area contributed by atoms with E-state index in [0.717, 1.165) is 28.9 Å². The average Bonchev–Trinajstić information content (AvgIpc) is 2.73. The molecule has 0 fully saturated rings. The summed E-state index contributed by atoms with van der Waals surface area (Å²) in [6.07, 6.45) is 2.14. The number of ether oxygens (including phenoxy) is 3. The number of fused-ring (bicyclic) bond motifs is 1. The fourth-order valence-corrected chi connectivity index (χ4v) is 1.76. The van der Waals surface area contributed by atoms with Crippen LogP contribution in [0.4, 0.5) is 0 Å². The molecule has 0 saturated carbocycles. The first-order valence-corrected chi connectivity index (χ1v) is 5.19. The Bertz CT molecular complexity index is 387. The highest BCUT2D eigenvalue weighted by Crippen LogP contribution is 2.35. The van der Waals surface area contributed by atoms with Gasteiger partial charge in [-0.3, -0.25) is 0 Å². The number of carbonyl (C=O) groups is 1. The van der Waals surface area contributed by atoms with Gasteiger partial charge in [0.15, 0.2) is 11.5 Å². The minimum Gasteiger partial charge on any atom is -0.454 e. The molecule has 0 unspecified atom stereocenters. The van der Waals surface area contributed by atoms with Gasteiger partial charge in [0.25, 0.3) is 0 Å². The second kappa shape index (κ2) is 4.99. The lowest BCUT2D eigenvalue weighted by atomic mass is 10.0. The maximum Gasteiger partial charge on any atom is 0.231 e. The van der Waals surface area contributed by atoms with Gasteiger partial charge < -0.3 is 19.0 Å². The van der Waals surface area contributed by atoms with Crippen molar-refractivity contribution >= 4 is 6.29 Å². The van der Waals surface area contributed by atoms with Crippen molar-refractivity contribution in [3.63, 3.8) is 0 Å². The zero-order valence-corrected chi connectivity index (χ0v) is 9.19. The summed E-state index contributed by atoms with van der Waals surface area (Å²) in [5.41, 5.74) is 2.13. The van der Waals surface area contributed by atoms with E-state index in [2.05, 4.69) is 0 Å². The van der Waals surface area contributed by atoms with Crippen LogP contribution in [0.1, 0.15) is 17.5 Å². The molecular formula is C12H14O4. The summed E-state index contributed by atoms with van der Waals surface area (Å²) < 4.78 is 15.7. The molecule has 0 spiro atoms. The highest BCUT2D eigenvalue weighted by atomic mass is 16.7. The molecular weight excluding hydrogens is 208 g/mol. The molecule has 0 N–H and O–H groups in total. The quantitative estimate of drug-likeness (QED) is 0.711. The Morgan fingerprint density at radius 3 is 2.62 bits per heavy atom. The number of hydrogen-bond acceptors (Lipinski definition) is 4. The van der Waals surface area contributed by atoms with E-state index < -0.39 is 0 Å². The van der Waals surface area contributed by atoms with Crippen molar-refractivity contribution in [2.24, 2.45) is 0 Å². The lowest BCUT2D eigenvalue weighted by molar-refractivity contribution is -0.107. The first kappa shape index (κ1) is 11.0. The largest absolute Gasteiger partial charge is 0.454 e. The number of carbonyl (C=O) groups excluding carboxylic acids is 1. The summed E-state index contributed by atoms with van der Waals surface area (Å²) in [5.74, 6) is 1.50. The standard InChI is InChI=1S/C12H14O4/c1-14-7-10-6-12-11(15-8-16-12)5-9(10)3-2-4-13/h4-6H,2-3,7-8H2,1H3. The van der Waals surface area contributed by atoms with Gasteiger partial charge in [-0.05, 0) is 29.7 Å². The number of aryl methyl sites for hydroxylation is 1. The Kier molecular flexibility index (Phi) is 3.41. The molecule has 16 heavy (non-hydrogen) atoms. The van der Waals surface area contributed by atoms with Crippen LogP contribution in [0.2, 0.25) is 0 Å². The maximum atomic E-state index is 10.4. The van der Waals surface area contributed by atoms with Crippen molar-refractivity contribution in [3.05, 3.63) is 23.3 Å². The van der Waals surface area contributed by atoms with Crippen LogP contribution < -0.4 is 9.47 Å². The topological polar surface area (TPSA) is 44.8 Å². The molecule has 1 aromatic rings. The van der Waals surface area contributed by atoms with Crippen LogP contribution in [0.3, 0.4) is 0 Å². The predicted molar refractivity (Wildman–Crippen MR) is 57.7 cm³/mol. The summed E-state index contributed by atoms with van der Waals surface area (Å²) in [7, 11) is 1.65. The first-order chi connectivity index (χ1) is 7.85. The predicted octanol–water partition coefficient (Wildman–Crippen LogP) is 1.69. The van der Waals surface area contributed by atoms with E-state index in [-0.39, 0.29) is 6.79 Å². The van der Waals surface area contributed by atoms with Crippen LogP contribution in [-0.2, 0) is 22.6 Å². The average molecular weight is 222 g/mol. The van der Waals surface area contributed by atoms with Gasteiger partial charge in [-0.2, -0.15) is 0 Å². The van der Waals surface area contributed by atoms with Gasteiger partial charge in [0, 0.05) is 13.5 Å². The van der Waals surface area contributed by atoms with Crippen molar-refractivity contribution < 1.29 is 19.0 Å². The molecule has 4 heteroatoms. The summed E-state index contributed by atoms with van der Waals surface area (Å²) in [6.45, 7) is 0.781. The highest BCUT2D eigenvalue weighted by molar-refractivity contribution is 5.53. The Morgan fingerprint density at radius 2 is 2.00 bits per heavy atom. The molecule has 1 aliphatic rings. The van der Waals surface area contributed by atoms with Gasteiger partial charge in [-0.25, -0.2) is 0 Å². The van der Waals surface area contributed by atoms with Crippen LogP contribution in [0.25, 0.3) is 0 Å². The zero-order valence-electron chi connectivity index (χ0n) is 9.19. The molecule has 2 rings (SSSR count). The van der Waals surface area contributed by atoms with Gasteiger partial charge in [-0.1, -0.05) is 0 Å². The van der Waals surface area contributed by atoms with E-state index in [1.165, 1.54) is 0 Å². The third kappa shape index (κ3) is 2.17. The van der Waals surface area contributed by atoms with E-state index >= 15 is 0 Å². The molecule has 1 heterocycles. The van der Waals surface area contributed by atoms with Crippen LogP contribution in [0.15, 0.2) is 12.1 Å². The Hall–Kier alpha value is -1.55. The third-order valence-electron chi connectivity index (χ3n) is 2.53. The fourth-order valence-electron chi connectivity index (χ4n) is 1.76. The van der Waals surface area contributed by atoms with Crippen molar-refractivity contribution in [2.75, 3.05) is 13.9 Å². The second-order valence-corrected chi connectivity index (χ2v) is 3.61. The number of methoxy groups -OCH3 is 1. The van der Waals surface area contributed by atoms with Crippen LogP contribution >= 0.6 is 0 Å². The molecule has 0 aromatic heterocycles. The van der Waals surface area contributed by atoms with E-state index in [4.69, 9.17) is 14.2 Å². The summed E-state index contributed by atoms with van der Waals surface area (Å²) in [5, 5.41) is 0. The summed E-state index contributed by atoms with van der Waals surface area (Å²) in [4.78, 5) is 10.4. The lowest BCUT2D eigenvalue weighted by Crippen LogP contribution is -1.97. The molecule has 4 nitrogen and oxygen atoms in total. The molecule has 0 aliphatic carbocycles. The summed E-state index contributed by atoms with van der Waals surface area (Å²) in [6, 6.07) is 3.85. The van der Waals surface area contributed by atoms with Crippen LogP contribution in [0.5, 0.6) is 11.5 Å². The van der Waals surface area contributed by atoms with Gasteiger partial charge in [0.05, 0.1) is 6.61 Å². The minimum absolute atomic E-state index is 0.263. The molecule has 1 aromatic carbocycles. The van der Waals surface area contributed by atoms with Gasteiger partial charge in [-0.15, -0.1) is 0 Å². The molecule has 86 valence electrons. The smallest absolute Gasteiger partial charge is 0.231 e. The minimum atomic E-state index is 0.263. The van der Waals surface area contributed by atoms with E-state index in [0.29, 0.717) is 19.4 Å². The van der Waals surface area contributed by atoms with E-state index in [9.17, 15) is 4.79 Å². The number of benzene rings is 1. The normalized spacial score (nSPS) is 12.8. The van der Waals surface area contributed by atoms with Crippen molar-refractivity contribution in [1.82, 2.24) is 0 Å². The van der Waals surface area contributed by atoms with Gasteiger partial charge in [0.2, 0.25) is 6.79 Å². The monoisotopic (exact) mass is 222 g/mol. The lowest BCUT2D eigenvalue weighted by Gasteiger charge is -2.09. The Balaban J connectivity index is 2.28. The highest BCUT2D eigenvalue weighted by Gasteiger charge is 2.16. The van der Waals surface area contributed by atoms with Gasteiger partial charge >= 0.3 is 0 Å². The molecule has 0 bridgehead atoms.